The molecule has 1 saturated carbocycles. The van der Waals surface area contributed by atoms with E-state index >= 15 is 0 Å². The van der Waals surface area contributed by atoms with Gasteiger partial charge < -0.3 is 5.11 Å². The molecular weight excluding hydrogens is 210 g/mol. The molecule has 0 amide bonds. The molecule has 1 aliphatic heterocycles. The van der Waals surface area contributed by atoms with Crippen LogP contribution in [0.1, 0.15) is 57.8 Å². The van der Waals surface area contributed by atoms with Gasteiger partial charge in [-0.1, -0.05) is 18.9 Å². The maximum Gasteiger partial charge on any atom is 0.0724 e. The third-order valence-corrected chi connectivity index (χ3v) is 4.71. The minimum absolute atomic E-state index is 0.122. The predicted molar refractivity (Wildman–Crippen MR) is 72.1 cm³/mol. The summed E-state index contributed by atoms with van der Waals surface area (Å²) in [6.45, 7) is 6.17. The summed E-state index contributed by atoms with van der Waals surface area (Å²) in [4.78, 5) is 2.60. The van der Waals surface area contributed by atoms with Crippen LogP contribution in [0.3, 0.4) is 0 Å². The average molecular weight is 237 g/mol. The lowest BCUT2D eigenvalue weighted by molar-refractivity contribution is -0.0227. The van der Waals surface area contributed by atoms with Gasteiger partial charge >= 0.3 is 0 Å². The van der Waals surface area contributed by atoms with Crippen LogP contribution in [0.2, 0.25) is 0 Å². The number of aliphatic hydroxyl groups excluding tert-OH is 1. The molecule has 1 unspecified atom stereocenters. The number of hydrogen-bond donors (Lipinski definition) is 1. The Hall–Kier alpha value is -0.340. The van der Waals surface area contributed by atoms with Gasteiger partial charge in [0.15, 0.2) is 0 Å². The topological polar surface area (TPSA) is 23.5 Å². The van der Waals surface area contributed by atoms with Crippen molar-refractivity contribution in [3.05, 3.63) is 12.7 Å². The summed E-state index contributed by atoms with van der Waals surface area (Å²) in [5, 5.41) is 10.6. The Balaban J connectivity index is 1.97. The molecule has 1 saturated heterocycles. The van der Waals surface area contributed by atoms with Crippen molar-refractivity contribution in [1.82, 2.24) is 4.90 Å². The zero-order chi connectivity index (χ0) is 12.1. The summed E-state index contributed by atoms with van der Waals surface area (Å²) in [6.07, 6.45) is 12.6. The lowest BCUT2D eigenvalue weighted by Crippen LogP contribution is -2.53. The van der Waals surface area contributed by atoms with E-state index in [-0.39, 0.29) is 11.6 Å². The van der Waals surface area contributed by atoms with Crippen molar-refractivity contribution in [3.63, 3.8) is 0 Å². The van der Waals surface area contributed by atoms with Crippen LogP contribution >= 0.6 is 0 Å². The number of hydrogen-bond acceptors (Lipinski definition) is 2. The van der Waals surface area contributed by atoms with Gasteiger partial charge in [-0.25, -0.2) is 0 Å². The fourth-order valence-electron chi connectivity index (χ4n) is 3.73. The molecule has 0 bridgehead atoms. The number of rotatable bonds is 6. The highest BCUT2D eigenvalue weighted by Crippen LogP contribution is 2.41. The van der Waals surface area contributed by atoms with E-state index in [1.165, 1.54) is 51.6 Å². The first-order valence-corrected chi connectivity index (χ1v) is 7.33. The van der Waals surface area contributed by atoms with Gasteiger partial charge in [0.25, 0.3) is 0 Å². The number of allylic oxidation sites excluding steroid dienone is 1. The molecule has 2 rings (SSSR count). The molecule has 1 atom stereocenters. The maximum absolute atomic E-state index is 10.6. The molecule has 0 aromatic carbocycles. The zero-order valence-corrected chi connectivity index (χ0v) is 11.0. The van der Waals surface area contributed by atoms with Crippen molar-refractivity contribution >= 4 is 0 Å². The van der Waals surface area contributed by atoms with Crippen LogP contribution in [0.4, 0.5) is 0 Å². The molecule has 0 radical (unpaired) electrons. The van der Waals surface area contributed by atoms with Crippen LogP contribution in [0.25, 0.3) is 0 Å². The highest BCUT2D eigenvalue weighted by atomic mass is 16.3. The van der Waals surface area contributed by atoms with Crippen molar-refractivity contribution in [2.45, 2.75) is 69.4 Å². The van der Waals surface area contributed by atoms with E-state index in [1.807, 2.05) is 6.08 Å². The SMILES string of the molecule is C=CCCCC(O)C1(N2CCCC2)CCCC1. The monoisotopic (exact) mass is 237 g/mol. The van der Waals surface area contributed by atoms with Gasteiger partial charge in [0, 0.05) is 5.54 Å². The van der Waals surface area contributed by atoms with Crippen molar-refractivity contribution in [1.29, 1.82) is 0 Å². The second-order valence-electron chi connectivity index (χ2n) is 5.74. The molecule has 1 N–H and O–H groups in total. The maximum atomic E-state index is 10.6. The predicted octanol–water partition coefficient (Wildman–Crippen LogP) is 3.11. The average Bonchev–Trinajstić information content (AvgIpc) is 3.00. The molecule has 17 heavy (non-hydrogen) atoms. The van der Waals surface area contributed by atoms with Crippen molar-refractivity contribution < 1.29 is 5.11 Å². The summed E-state index contributed by atoms with van der Waals surface area (Å²) in [5.41, 5.74) is 0.137. The van der Waals surface area contributed by atoms with Gasteiger partial charge in [-0.05, 0) is 58.0 Å². The fourth-order valence-corrected chi connectivity index (χ4v) is 3.73. The Bertz CT molecular complexity index is 239. The van der Waals surface area contributed by atoms with E-state index in [0.29, 0.717) is 0 Å². The molecule has 2 nitrogen and oxygen atoms in total. The summed E-state index contributed by atoms with van der Waals surface area (Å²) in [7, 11) is 0. The lowest BCUT2D eigenvalue weighted by Gasteiger charge is -2.42. The second-order valence-corrected chi connectivity index (χ2v) is 5.74. The highest BCUT2D eigenvalue weighted by molar-refractivity contribution is 5.01. The highest BCUT2D eigenvalue weighted by Gasteiger charge is 2.45. The van der Waals surface area contributed by atoms with Crippen LogP contribution < -0.4 is 0 Å². The first-order valence-electron chi connectivity index (χ1n) is 7.33. The molecule has 0 spiro atoms. The summed E-state index contributed by atoms with van der Waals surface area (Å²) in [5.74, 6) is 0. The van der Waals surface area contributed by atoms with Crippen LogP contribution in [0.5, 0.6) is 0 Å². The minimum atomic E-state index is -0.122. The zero-order valence-electron chi connectivity index (χ0n) is 11.0. The van der Waals surface area contributed by atoms with Crippen molar-refractivity contribution in [2.75, 3.05) is 13.1 Å². The fraction of sp³-hybridized carbons (Fsp3) is 0.867. The van der Waals surface area contributed by atoms with E-state index in [0.717, 1.165) is 19.3 Å². The van der Waals surface area contributed by atoms with E-state index in [9.17, 15) is 5.11 Å². The first kappa shape index (κ1) is 13.1. The van der Waals surface area contributed by atoms with Crippen LogP contribution in [0, 0.1) is 0 Å². The largest absolute Gasteiger partial charge is 0.391 e. The number of likely N-dealkylation sites (tertiary alicyclic amines) is 1. The summed E-state index contributed by atoms with van der Waals surface area (Å²) in [6, 6.07) is 0. The molecule has 1 aliphatic carbocycles. The molecule has 0 aromatic heterocycles. The van der Waals surface area contributed by atoms with Gasteiger partial charge in [0.1, 0.15) is 0 Å². The molecule has 2 fully saturated rings. The number of unbranched alkanes of at least 4 members (excludes halogenated alkanes) is 1. The summed E-state index contributed by atoms with van der Waals surface area (Å²) < 4.78 is 0. The Morgan fingerprint density at radius 1 is 1.18 bits per heavy atom. The smallest absolute Gasteiger partial charge is 0.0724 e. The van der Waals surface area contributed by atoms with Crippen molar-refractivity contribution in [2.24, 2.45) is 0 Å². The Morgan fingerprint density at radius 3 is 2.41 bits per heavy atom. The Morgan fingerprint density at radius 2 is 1.82 bits per heavy atom. The van der Waals surface area contributed by atoms with E-state index in [1.54, 1.807) is 0 Å². The number of aliphatic hydroxyl groups is 1. The first-order chi connectivity index (χ1) is 8.29. The van der Waals surface area contributed by atoms with Crippen LogP contribution in [-0.4, -0.2) is 34.7 Å². The molecule has 98 valence electrons. The second kappa shape index (κ2) is 6.01. The van der Waals surface area contributed by atoms with Crippen molar-refractivity contribution in [3.8, 4) is 0 Å². The Labute approximate surface area is 106 Å². The molecule has 2 aliphatic rings. The molecular formula is C15H27NO. The van der Waals surface area contributed by atoms with Crippen LogP contribution in [0.15, 0.2) is 12.7 Å². The number of nitrogens with zero attached hydrogens (tertiary/aromatic N) is 1. The summed E-state index contributed by atoms with van der Waals surface area (Å²) >= 11 is 0. The van der Waals surface area contributed by atoms with E-state index in [2.05, 4.69) is 11.5 Å². The van der Waals surface area contributed by atoms with Gasteiger partial charge in [-0.15, -0.1) is 6.58 Å². The molecule has 2 heteroatoms. The van der Waals surface area contributed by atoms with Gasteiger partial charge in [-0.2, -0.15) is 0 Å². The third-order valence-electron chi connectivity index (χ3n) is 4.71. The van der Waals surface area contributed by atoms with Gasteiger partial charge in [-0.3, -0.25) is 4.90 Å². The van der Waals surface area contributed by atoms with Crippen LogP contribution in [-0.2, 0) is 0 Å². The third kappa shape index (κ3) is 2.74. The quantitative estimate of drug-likeness (QED) is 0.567. The van der Waals surface area contributed by atoms with E-state index < -0.39 is 0 Å². The normalized spacial score (nSPS) is 26.2. The minimum Gasteiger partial charge on any atom is -0.391 e. The van der Waals surface area contributed by atoms with Gasteiger partial charge in [0.05, 0.1) is 6.10 Å². The molecule has 0 aromatic rings. The molecule has 1 heterocycles. The lowest BCUT2D eigenvalue weighted by atomic mass is 9.85. The standard InChI is InChI=1S/C15H27NO/c1-2-3-4-9-14(17)15(10-5-6-11-15)16-12-7-8-13-16/h2,14,17H,1,3-13H2. The van der Waals surface area contributed by atoms with Gasteiger partial charge in [0.2, 0.25) is 0 Å². The van der Waals surface area contributed by atoms with E-state index in [4.69, 9.17) is 0 Å². The Kier molecular flexibility index (Phi) is 4.63.